The molecule has 1 aliphatic heterocycles. The summed E-state index contributed by atoms with van der Waals surface area (Å²) in [7, 11) is 0. The molecule has 0 unspecified atom stereocenters. The largest absolute Gasteiger partial charge is 0.338 e. The highest BCUT2D eigenvalue weighted by Crippen LogP contribution is 2.35. The lowest BCUT2D eigenvalue weighted by Crippen LogP contribution is -2.43. The van der Waals surface area contributed by atoms with Gasteiger partial charge in [-0.15, -0.1) is 0 Å². The first-order valence-electron chi connectivity index (χ1n) is 10.9. The lowest BCUT2D eigenvalue weighted by molar-refractivity contribution is 0.0995. The maximum absolute atomic E-state index is 14.0. The molecule has 0 saturated carbocycles. The summed E-state index contributed by atoms with van der Waals surface area (Å²) in [4.78, 5) is 46.4. The molecule has 3 heterocycles. The molecule has 36 heavy (non-hydrogen) atoms. The van der Waals surface area contributed by atoms with E-state index in [1.807, 2.05) is 6.07 Å². The molecule has 0 saturated heterocycles. The van der Waals surface area contributed by atoms with Crippen LogP contribution in [0, 0.1) is 24.1 Å². The minimum atomic E-state index is -0.815. The zero-order valence-corrected chi connectivity index (χ0v) is 19.7. The third-order valence-corrected chi connectivity index (χ3v) is 6.24. The first-order chi connectivity index (χ1) is 17.3. The molecule has 10 heteroatoms. The van der Waals surface area contributed by atoms with Crippen LogP contribution in [0.1, 0.15) is 21.5 Å². The molecule has 0 spiro atoms. The molecule has 0 radical (unpaired) electrons. The van der Waals surface area contributed by atoms with Gasteiger partial charge in [-0.2, -0.15) is 5.26 Å². The zero-order chi connectivity index (χ0) is 25.6. The van der Waals surface area contributed by atoms with Gasteiger partial charge >= 0.3 is 5.69 Å². The van der Waals surface area contributed by atoms with Crippen LogP contribution in [0.15, 0.2) is 70.5 Å². The summed E-state index contributed by atoms with van der Waals surface area (Å²) in [6.07, 6.45) is 2.92. The molecule has 1 aliphatic rings. The van der Waals surface area contributed by atoms with Crippen molar-refractivity contribution in [1.82, 2.24) is 14.1 Å². The van der Waals surface area contributed by atoms with Crippen LogP contribution in [0.2, 0.25) is 5.02 Å². The van der Waals surface area contributed by atoms with E-state index in [4.69, 9.17) is 11.6 Å². The summed E-state index contributed by atoms with van der Waals surface area (Å²) in [5, 5.41) is 9.34. The zero-order valence-electron chi connectivity index (χ0n) is 18.9. The Morgan fingerprint density at radius 2 is 1.89 bits per heavy atom. The van der Waals surface area contributed by atoms with Crippen molar-refractivity contribution >= 4 is 23.3 Å². The Balaban J connectivity index is 1.90. The summed E-state index contributed by atoms with van der Waals surface area (Å²) in [5.41, 5.74) is 0.547. The molecular formula is C26H17ClFN5O3. The molecule has 178 valence electrons. The van der Waals surface area contributed by atoms with Crippen molar-refractivity contribution in [2.24, 2.45) is 0 Å². The van der Waals surface area contributed by atoms with Gasteiger partial charge in [0.25, 0.3) is 11.5 Å². The second-order valence-electron chi connectivity index (χ2n) is 8.26. The smallest absolute Gasteiger partial charge is 0.289 e. The van der Waals surface area contributed by atoms with Crippen LogP contribution in [0.4, 0.5) is 10.2 Å². The van der Waals surface area contributed by atoms with Crippen LogP contribution < -0.4 is 16.1 Å². The molecule has 2 aromatic heterocycles. The van der Waals surface area contributed by atoms with Gasteiger partial charge < -0.3 is 0 Å². The number of hydrogen-bond donors (Lipinski definition) is 0. The van der Waals surface area contributed by atoms with E-state index in [0.29, 0.717) is 16.7 Å². The normalized spacial score (nSPS) is 12.5. The van der Waals surface area contributed by atoms with Gasteiger partial charge in [0.05, 0.1) is 35.1 Å². The van der Waals surface area contributed by atoms with E-state index >= 15 is 0 Å². The number of carbonyl (C=O) groups excluding carboxylic acids is 1. The highest BCUT2D eigenvalue weighted by molar-refractivity contribution is 6.31. The van der Waals surface area contributed by atoms with E-state index in [-0.39, 0.29) is 34.2 Å². The summed E-state index contributed by atoms with van der Waals surface area (Å²) in [6.45, 7) is 1.39. The van der Waals surface area contributed by atoms with Crippen LogP contribution in [0.5, 0.6) is 0 Å². The van der Waals surface area contributed by atoms with Crippen molar-refractivity contribution in [3.63, 3.8) is 0 Å². The van der Waals surface area contributed by atoms with E-state index in [2.05, 4.69) is 4.98 Å². The Morgan fingerprint density at radius 1 is 1.11 bits per heavy atom. The topological polar surface area (TPSA) is 101 Å². The fraction of sp³-hybridized carbons (Fsp3) is 0.115. The Kier molecular flexibility index (Phi) is 5.74. The number of anilines is 1. The summed E-state index contributed by atoms with van der Waals surface area (Å²) < 4.78 is 16.0. The Morgan fingerprint density at radius 3 is 2.58 bits per heavy atom. The number of rotatable bonds is 4. The highest BCUT2D eigenvalue weighted by atomic mass is 35.5. The van der Waals surface area contributed by atoms with Crippen molar-refractivity contribution in [3.8, 4) is 22.9 Å². The molecule has 5 rings (SSSR count). The lowest BCUT2D eigenvalue weighted by Gasteiger charge is -2.24. The van der Waals surface area contributed by atoms with Crippen molar-refractivity contribution in [2.75, 3.05) is 4.90 Å². The average molecular weight is 502 g/mol. The summed E-state index contributed by atoms with van der Waals surface area (Å²) in [5.74, 6) is -1.19. The first-order valence-corrected chi connectivity index (χ1v) is 11.2. The molecule has 0 aliphatic carbocycles. The van der Waals surface area contributed by atoms with Gasteiger partial charge in [0, 0.05) is 11.8 Å². The molecule has 4 aromatic rings. The highest BCUT2D eigenvalue weighted by Gasteiger charge is 2.34. The van der Waals surface area contributed by atoms with Gasteiger partial charge in [0.2, 0.25) is 0 Å². The predicted molar refractivity (Wildman–Crippen MR) is 132 cm³/mol. The van der Waals surface area contributed by atoms with E-state index in [1.165, 1.54) is 23.2 Å². The molecule has 1 amide bonds. The number of carbonyl (C=O) groups is 1. The molecule has 0 N–H and O–H groups in total. The molecule has 0 fully saturated rings. The van der Waals surface area contributed by atoms with Crippen molar-refractivity contribution in [2.45, 2.75) is 20.0 Å². The van der Waals surface area contributed by atoms with Gasteiger partial charge in [-0.25, -0.2) is 13.8 Å². The SMILES string of the molecule is Cc1cncc(-n2c(=O)c(-c3ccc(F)c(Cl)c3)c(N3Cc4ccccc4C3=O)n(CC#N)c2=O)c1. The fourth-order valence-electron chi connectivity index (χ4n) is 4.35. The van der Waals surface area contributed by atoms with E-state index < -0.39 is 29.5 Å². The predicted octanol–water partition coefficient (Wildman–Crippen LogP) is 3.85. The standard InChI is InChI=1S/C26H17ClFN5O3/c1-15-10-18(13-30-12-15)33-25(35)22(16-6-7-21(28)20(27)11-16)23(31(9-8-29)26(33)36)32-14-17-4-2-3-5-19(17)24(32)34/h2-7,10-13H,9,14H2,1H3. The number of aryl methyl sites for hydroxylation is 1. The van der Waals surface area contributed by atoms with E-state index in [0.717, 1.165) is 15.2 Å². The Bertz CT molecular complexity index is 1720. The lowest BCUT2D eigenvalue weighted by atomic mass is 10.1. The van der Waals surface area contributed by atoms with Crippen LogP contribution in [-0.2, 0) is 13.1 Å². The van der Waals surface area contributed by atoms with Gasteiger partial charge in [0.1, 0.15) is 18.2 Å². The van der Waals surface area contributed by atoms with Crippen molar-refractivity contribution in [1.29, 1.82) is 5.26 Å². The van der Waals surface area contributed by atoms with Crippen LogP contribution >= 0.6 is 11.6 Å². The monoisotopic (exact) mass is 501 g/mol. The second kappa shape index (κ2) is 8.91. The first kappa shape index (κ1) is 23.2. The number of fused-ring (bicyclic) bond motifs is 1. The molecule has 8 nitrogen and oxygen atoms in total. The number of halogens is 2. The number of nitriles is 1. The maximum Gasteiger partial charge on any atom is 0.338 e. The van der Waals surface area contributed by atoms with Crippen LogP contribution in [0.3, 0.4) is 0 Å². The number of hydrogen-bond acceptors (Lipinski definition) is 5. The maximum atomic E-state index is 14.0. The molecule has 0 bridgehead atoms. The number of aromatic nitrogens is 3. The molecule has 2 aromatic carbocycles. The quantitative estimate of drug-likeness (QED) is 0.423. The molecule has 0 atom stereocenters. The van der Waals surface area contributed by atoms with Crippen LogP contribution in [0.25, 0.3) is 16.8 Å². The minimum absolute atomic E-state index is 0.0627. The second-order valence-corrected chi connectivity index (χ2v) is 8.67. The van der Waals surface area contributed by atoms with Gasteiger partial charge in [0.15, 0.2) is 0 Å². The Labute approximate surface area is 209 Å². The average Bonchev–Trinajstić information content (AvgIpc) is 3.19. The van der Waals surface area contributed by atoms with E-state index in [1.54, 1.807) is 43.5 Å². The Hall–Kier alpha value is -4.55. The third-order valence-electron chi connectivity index (χ3n) is 5.95. The van der Waals surface area contributed by atoms with Crippen molar-refractivity contribution in [3.05, 3.63) is 109 Å². The summed E-state index contributed by atoms with van der Waals surface area (Å²) >= 11 is 6.04. The number of amides is 1. The van der Waals surface area contributed by atoms with Gasteiger partial charge in [-0.1, -0.05) is 35.9 Å². The number of benzene rings is 2. The number of nitrogens with zero attached hydrogens (tertiary/aromatic N) is 5. The summed E-state index contributed by atoms with van der Waals surface area (Å²) in [6, 6.07) is 14.2. The van der Waals surface area contributed by atoms with E-state index in [9.17, 15) is 24.0 Å². The minimum Gasteiger partial charge on any atom is -0.289 e. The van der Waals surface area contributed by atoms with Crippen LogP contribution in [-0.4, -0.2) is 20.0 Å². The molecular weight excluding hydrogens is 485 g/mol. The number of pyridine rings is 1. The van der Waals surface area contributed by atoms with Gasteiger partial charge in [-0.05, 0) is 47.9 Å². The fourth-order valence-corrected chi connectivity index (χ4v) is 4.53. The van der Waals surface area contributed by atoms with Crippen molar-refractivity contribution < 1.29 is 9.18 Å². The van der Waals surface area contributed by atoms with Gasteiger partial charge in [-0.3, -0.25) is 24.0 Å². The third kappa shape index (κ3) is 3.68.